The van der Waals surface area contributed by atoms with Crippen molar-refractivity contribution in [1.82, 2.24) is 25.3 Å². The standard InChI is InChI=1S/C26H29N5O2.2ClH/c32-25(30-15-17-31(18-16-30)26(33)21-11-13-27-14-12-21)20-8-5-19(6-9-20)7-10-24-22-3-1-2-4-23(22)28-29-24;;/h1-10,21,27H,11-18H2,(H,28,29);2*1H/b10-7+;;. The van der Waals surface area contributed by atoms with Crippen LogP contribution in [0.3, 0.4) is 0 Å². The van der Waals surface area contributed by atoms with E-state index in [4.69, 9.17) is 0 Å². The SMILES string of the molecule is Cl.Cl.O=C(c1ccc(/C=C/c2n[nH]c3ccccc23)cc1)N1CCN(C(=O)C2CCNCC2)CC1. The average molecular weight is 516 g/mol. The summed E-state index contributed by atoms with van der Waals surface area (Å²) in [5.74, 6) is 0.413. The van der Waals surface area contributed by atoms with Gasteiger partial charge in [0, 0.05) is 43.0 Å². The highest BCUT2D eigenvalue weighted by Crippen LogP contribution is 2.19. The number of H-pyrrole nitrogens is 1. The summed E-state index contributed by atoms with van der Waals surface area (Å²) in [7, 11) is 0. The summed E-state index contributed by atoms with van der Waals surface area (Å²) in [5.41, 5.74) is 3.59. The van der Waals surface area contributed by atoms with Gasteiger partial charge in [0.05, 0.1) is 11.2 Å². The van der Waals surface area contributed by atoms with Gasteiger partial charge in [0.2, 0.25) is 5.91 Å². The number of aromatic nitrogens is 2. The molecule has 0 spiro atoms. The van der Waals surface area contributed by atoms with E-state index < -0.39 is 0 Å². The van der Waals surface area contributed by atoms with Crippen molar-refractivity contribution in [2.45, 2.75) is 12.8 Å². The van der Waals surface area contributed by atoms with Gasteiger partial charge in [-0.05, 0) is 55.8 Å². The molecule has 2 amide bonds. The fourth-order valence-corrected chi connectivity index (χ4v) is 4.66. The highest BCUT2D eigenvalue weighted by molar-refractivity contribution is 5.95. The fraction of sp³-hybridized carbons (Fsp3) is 0.346. The van der Waals surface area contributed by atoms with Gasteiger partial charge in [0.25, 0.3) is 5.91 Å². The first-order valence-corrected chi connectivity index (χ1v) is 11.7. The zero-order valence-electron chi connectivity index (χ0n) is 19.5. The van der Waals surface area contributed by atoms with Gasteiger partial charge in [-0.1, -0.05) is 36.4 Å². The van der Waals surface area contributed by atoms with Crippen molar-refractivity contribution in [2.75, 3.05) is 39.3 Å². The molecule has 1 aromatic heterocycles. The number of nitrogens with one attached hydrogen (secondary N) is 2. The Morgan fingerprint density at radius 2 is 1.51 bits per heavy atom. The van der Waals surface area contributed by atoms with Crippen LogP contribution in [0.4, 0.5) is 0 Å². The van der Waals surface area contributed by atoms with Crippen molar-refractivity contribution in [3.63, 3.8) is 0 Å². The number of carbonyl (C=O) groups is 2. The number of rotatable bonds is 4. The molecular formula is C26H31Cl2N5O2. The van der Waals surface area contributed by atoms with E-state index in [0.717, 1.165) is 48.1 Å². The van der Waals surface area contributed by atoms with Crippen molar-refractivity contribution < 1.29 is 9.59 Å². The topological polar surface area (TPSA) is 81.3 Å². The molecule has 2 aliphatic heterocycles. The first-order valence-electron chi connectivity index (χ1n) is 11.7. The number of carbonyl (C=O) groups excluding carboxylic acids is 2. The van der Waals surface area contributed by atoms with Crippen molar-refractivity contribution in [2.24, 2.45) is 5.92 Å². The van der Waals surface area contributed by atoms with E-state index in [9.17, 15) is 9.59 Å². The smallest absolute Gasteiger partial charge is 0.253 e. The lowest BCUT2D eigenvalue weighted by Crippen LogP contribution is -2.52. The lowest BCUT2D eigenvalue weighted by Gasteiger charge is -2.37. The number of hydrogen-bond donors (Lipinski definition) is 2. The van der Waals surface area contributed by atoms with Crippen LogP contribution in [0.5, 0.6) is 0 Å². The zero-order chi connectivity index (χ0) is 22.6. The molecule has 5 rings (SSSR count). The van der Waals surface area contributed by atoms with Crippen molar-refractivity contribution in [3.05, 3.63) is 65.4 Å². The summed E-state index contributed by atoms with van der Waals surface area (Å²) in [6.07, 6.45) is 5.81. The Morgan fingerprint density at radius 3 is 2.23 bits per heavy atom. The Bertz CT molecular complexity index is 1160. The summed E-state index contributed by atoms with van der Waals surface area (Å²) in [6.45, 7) is 4.24. The molecule has 2 N–H and O–H groups in total. The second kappa shape index (κ2) is 12.2. The van der Waals surface area contributed by atoms with E-state index in [2.05, 4.69) is 15.5 Å². The normalized spacial score (nSPS) is 16.7. The Kier molecular flexibility index (Phi) is 9.32. The molecule has 0 radical (unpaired) electrons. The quantitative estimate of drug-likeness (QED) is 0.552. The average Bonchev–Trinajstić information content (AvgIpc) is 3.31. The Hall–Kier alpha value is -2.87. The Balaban J connectivity index is 0.00000171. The number of nitrogens with zero attached hydrogens (tertiary/aromatic N) is 3. The van der Waals surface area contributed by atoms with Crippen molar-refractivity contribution >= 4 is 59.7 Å². The van der Waals surface area contributed by atoms with Gasteiger partial charge in [-0.25, -0.2) is 0 Å². The molecule has 7 nitrogen and oxygen atoms in total. The third kappa shape index (κ3) is 6.04. The molecule has 2 saturated heterocycles. The Morgan fingerprint density at radius 1 is 0.857 bits per heavy atom. The van der Waals surface area contributed by atoms with Gasteiger partial charge in [0.1, 0.15) is 0 Å². The molecule has 0 unspecified atom stereocenters. The number of amides is 2. The van der Waals surface area contributed by atoms with Crippen LogP contribution in [0, 0.1) is 5.92 Å². The molecule has 0 aliphatic carbocycles. The molecule has 35 heavy (non-hydrogen) atoms. The number of para-hydroxylation sites is 1. The fourth-order valence-electron chi connectivity index (χ4n) is 4.66. The number of piperazine rings is 1. The Labute approximate surface area is 217 Å². The lowest BCUT2D eigenvalue weighted by atomic mass is 9.96. The molecule has 9 heteroatoms. The molecule has 0 saturated carbocycles. The lowest BCUT2D eigenvalue weighted by molar-refractivity contribution is -0.137. The van der Waals surface area contributed by atoms with E-state index >= 15 is 0 Å². The van der Waals surface area contributed by atoms with Crippen LogP contribution in [0.2, 0.25) is 0 Å². The summed E-state index contributed by atoms with van der Waals surface area (Å²) < 4.78 is 0. The number of benzene rings is 2. The van der Waals surface area contributed by atoms with Gasteiger partial charge < -0.3 is 15.1 Å². The van der Waals surface area contributed by atoms with Gasteiger partial charge in [-0.2, -0.15) is 5.10 Å². The second-order valence-electron chi connectivity index (χ2n) is 8.75. The second-order valence-corrected chi connectivity index (χ2v) is 8.75. The predicted octanol–water partition coefficient (Wildman–Crippen LogP) is 3.86. The van der Waals surface area contributed by atoms with E-state index in [1.54, 1.807) is 0 Å². The van der Waals surface area contributed by atoms with Crippen LogP contribution >= 0.6 is 24.8 Å². The maximum Gasteiger partial charge on any atom is 0.253 e. The number of aromatic amines is 1. The van der Waals surface area contributed by atoms with E-state index in [1.807, 2.05) is 70.5 Å². The molecule has 2 fully saturated rings. The van der Waals surface area contributed by atoms with E-state index in [0.29, 0.717) is 31.7 Å². The molecule has 0 bridgehead atoms. The molecule has 3 aromatic rings. The monoisotopic (exact) mass is 515 g/mol. The number of halogens is 2. The van der Waals surface area contributed by atoms with Gasteiger partial charge in [0.15, 0.2) is 0 Å². The number of fused-ring (bicyclic) bond motifs is 1. The largest absolute Gasteiger partial charge is 0.339 e. The van der Waals surface area contributed by atoms with Gasteiger partial charge >= 0.3 is 0 Å². The van der Waals surface area contributed by atoms with Crippen LogP contribution < -0.4 is 5.32 Å². The third-order valence-electron chi connectivity index (χ3n) is 6.66. The zero-order valence-corrected chi connectivity index (χ0v) is 21.1. The van der Waals surface area contributed by atoms with Crippen LogP contribution in [-0.4, -0.2) is 71.1 Å². The van der Waals surface area contributed by atoms with Gasteiger partial charge in [-0.15, -0.1) is 24.8 Å². The predicted molar refractivity (Wildman–Crippen MR) is 144 cm³/mol. The van der Waals surface area contributed by atoms with Gasteiger partial charge in [-0.3, -0.25) is 14.7 Å². The molecule has 3 heterocycles. The van der Waals surface area contributed by atoms with Crippen molar-refractivity contribution in [3.8, 4) is 0 Å². The summed E-state index contributed by atoms with van der Waals surface area (Å²) in [4.78, 5) is 29.5. The summed E-state index contributed by atoms with van der Waals surface area (Å²) in [5, 5.41) is 11.8. The maximum atomic E-state index is 13.0. The first kappa shape index (κ1) is 26.7. The van der Waals surface area contributed by atoms with Crippen LogP contribution in [0.25, 0.3) is 23.1 Å². The number of hydrogen-bond acceptors (Lipinski definition) is 4. The summed E-state index contributed by atoms with van der Waals surface area (Å²) in [6, 6.07) is 15.7. The first-order chi connectivity index (χ1) is 16.2. The van der Waals surface area contributed by atoms with E-state index in [1.165, 1.54) is 0 Å². The minimum Gasteiger partial charge on any atom is -0.339 e. The third-order valence-corrected chi connectivity index (χ3v) is 6.66. The minimum absolute atomic E-state index is 0. The highest BCUT2D eigenvalue weighted by atomic mass is 35.5. The number of piperidine rings is 1. The van der Waals surface area contributed by atoms with E-state index in [-0.39, 0.29) is 42.5 Å². The van der Waals surface area contributed by atoms with Crippen molar-refractivity contribution in [1.29, 1.82) is 0 Å². The maximum absolute atomic E-state index is 13.0. The molecule has 186 valence electrons. The summed E-state index contributed by atoms with van der Waals surface area (Å²) >= 11 is 0. The minimum atomic E-state index is 0. The van der Waals surface area contributed by atoms with Crippen LogP contribution in [0.1, 0.15) is 34.5 Å². The highest BCUT2D eigenvalue weighted by Gasteiger charge is 2.29. The molecule has 0 atom stereocenters. The van der Waals surface area contributed by atoms with Crippen LogP contribution in [-0.2, 0) is 4.79 Å². The molecule has 2 aromatic carbocycles. The van der Waals surface area contributed by atoms with Crippen LogP contribution in [0.15, 0.2) is 48.5 Å². The molecular weight excluding hydrogens is 485 g/mol. The molecule has 2 aliphatic rings.